The van der Waals surface area contributed by atoms with E-state index in [9.17, 15) is 13.2 Å². The van der Waals surface area contributed by atoms with Gasteiger partial charge in [-0.25, -0.2) is 13.4 Å². The number of nitrogens with one attached hydrogen (secondary N) is 1. The molecule has 0 fully saturated rings. The summed E-state index contributed by atoms with van der Waals surface area (Å²) in [6.07, 6.45) is 1.10. The van der Waals surface area contributed by atoms with Gasteiger partial charge in [-0.1, -0.05) is 12.1 Å². The minimum atomic E-state index is -3.39. The number of aromatic nitrogens is 1. The van der Waals surface area contributed by atoms with E-state index in [1.807, 2.05) is 30.5 Å². The van der Waals surface area contributed by atoms with Crippen LogP contribution in [0.1, 0.15) is 15.4 Å². The smallest absolute Gasteiger partial charge is 0.259 e. The summed E-state index contributed by atoms with van der Waals surface area (Å²) in [6.45, 7) is 1.94. The van der Waals surface area contributed by atoms with Crippen molar-refractivity contribution in [3.05, 3.63) is 58.4 Å². The Kier molecular flexibility index (Phi) is 5.29. The summed E-state index contributed by atoms with van der Waals surface area (Å²) in [5.41, 5.74) is 2.61. The van der Waals surface area contributed by atoms with Gasteiger partial charge in [-0.15, -0.1) is 11.3 Å². The molecule has 0 saturated carbocycles. The monoisotopic (exact) mass is 402 g/mol. The average molecular weight is 402 g/mol. The number of anilines is 1. The van der Waals surface area contributed by atoms with Crippen molar-refractivity contribution in [3.63, 3.8) is 0 Å². The molecule has 27 heavy (non-hydrogen) atoms. The number of amides is 1. The van der Waals surface area contributed by atoms with Crippen LogP contribution in [0.25, 0.3) is 11.3 Å². The van der Waals surface area contributed by atoms with Crippen LogP contribution in [0, 0.1) is 6.92 Å². The normalized spacial score (nSPS) is 11.2. The largest absolute Gasteiger partial charge is 0.496 e. The average Bonchev–Trinajstić information content (AvgIpc) is 3.07. The van der Waals surface area contributed by atoms with Crippen LogP contribution in [-0.2, 0) is 9.84 Å². The van der Waals surface area contributed by atoms with Gasteiger partial charge in [-0.3, -0.25) is 4.79 Å². The Morgan fingerprint density at radius 1 is 1.19 bits per heavy atom. The highest BCUT2D eigenvalue weighted by atomic mass is 32.2. The van der Waals surface area contributed by atoms with E-state index in [4.69, 9.17) is 4.74 Å². The van der Waals surface area contributed by atoms with Crippen molar-refractivity contribution >= 4 is 32.8 Å². The van der Waals surface area contributed by atoms with Crippen molar-refractivity contribution in [2.24, 2.45) is 0 Å². The second kappa shape index (κ2) is 7.50. The van der Waals surface area contributed by atoms with E-state index in [-0.39, 0.29) is 16.2 Å². The Balaban J connectivity index is 1.87. The third kappa shape index (κ3) is 4.35. The van der Waals surface area contributed by atoms with Gasteiger partial charge in [0.15, 0.2) is 9.84 Å². The Hall–Kier alpha value is -2.71. The summed E-state index contributed by atoms with van der Waals surface area (Å²) >= 11 is 1.56. The highest BCUT2D eigenvalue weighted by Gasteiger charge is 2.17. The topological polar surface area (TPSA) is 85.4 Å². The molecule has 0 atom stereocenters. The number of carbonyl (C=O) groups excluding carboxylic acids is 1. The molecule has 3 aromatic rings. The molecule has 0 aliphatic carbocycles. The molecule has 8 heteroatoms. The standard InChI is InChI=1S/C19H18N2O4S2/c1-12-20-17(11-26-12)13-5-4-6-14(9-13)21-19(22)16-8-7-15(27(3,23)24)10-18(16)25-2/h4-11H,1-3H3,(H,21,22). The van der Waals surface area contributed by atoms with Gasteiger partial charge in [0.25, 0.3) is 5.91 Å². The molecule has 1 aromatic heterocycles. The van der Waals surface area contributed by atoms with Crippen LogP contribution in [0.3, 0.4) is 0 Å². The molecule has 140 valence electrons. The SMILES string of the molecule is COc1cc(S(C)(=O)=O)ccc1C(=O)Nc1cccc(-c2csc(C)n2)c1. The summed E-state index contributed by atoms with van der Waals surface area (Å²) in [5.74, 6) is -0.194. The lowest BCUT2D eigenvalue weighted by Crippen LogP contribution is -2.13. The summed E-state index contributed by atoms with van der Waals surface area (Å²) in [5, 5.41) is 5.74. The molecule has 1 N–H and O–H groups in total. The van der Waals surface area contributed by atoms with Crippen LogP contribution >= 0.6 is 11.3 Å². The highest BCUT2D eigenvalue weighted by molar-refractivity contribution is 7.90. The van der Waals surface area contributed by atoms with E-state index in [0.717, 1.165) is 22.5 Å². The van der Waals surface area contributed by atoms with Gasteiger partial charge in [0.2, 0.25) is 0 Å². The van der Waals surface area contributed by atoms with Gasteiger partial charge in [-0.2, -0.15) is 0 Å². The van der Waals surface area contributed by atoms with E-state index in [1.165, 1.54) is 25.3 Å². The van der Waals surface area contributed by atoms with Gasteiger partial charge in [0.05, 0.1) is 28.3 Å². The molecule has 0 spiro atoms. The third-order valence-electron chi connectivity index (χ3n) is 3.88. The fraction of sp³-hybridized carbons (Fsp3) is 0.158. The summed E-state index contributed by atoms with van der Waals surface area (Å²) in [4.78, 5) is 17.2. The van der Waals surface area contributed by atoms with E-state index >= 15 is 0 Å². The van der Waals surface area contributed by atoms with Crippen LogP contribution in [0.15, 0.2) is 52.7 Å². The first-order chi connectivity index (χ1) is 12.8. The molecule has 0 saturated heterocycles. The zero-order valence-electron chi connectivity index (χ0n) is 15.0. The molecule has 1 amide bonds. The van der Waals surface area contributed by atoms with E-state index in [2.05, 4.69) is 10.3 Å². The molecule has 6 nitrogen and oxygen atoms in total. The van der Waals surface area contributed by atoms with Crippen LogP contribution in [0.5, 0.6) is 5.75 Å². The van der Waals surface area contributed by atoms with Gasteiger partial charge >= 0.3 is 0 Å². The molecular weight excluding hydrogens is 384 g/mol. The van der Waals surface area contributed by atoms with Crippen LogP contribution in [-0.4, -0.2) is 32.7 Å². The Labute approximate surface area is 161 Å². The molecule has 3 rings (SSSR count). The quantitative estimate of drug-likeness (QED) is 0.702. The van der Waals surface area contributed by atoms with Crippen molar-refractivity contribution in [2.45, 2.75) is 11.8 Å². The van der Waals surface area contributed by atoms with Gasteiger partial charge in [-0.05, 0) is 37.3 Å². The first-order valence-corrected chi connectivity index (χ1v) is 10.8. The number of sulfone groups is 1. The van der Waals surface area contributed by atoms with Crippen molar-refractivity contribution in [1.82, 2.24) is 4.98 Å². The summed E-state index contributed by atoms with van der Waals surface area (Å²) in [6, 6.07) is 11.6. The molecule has 0 unspecified atom stereocenters. The minimum Gasteiger partial charge on any atom is -0.496 e. The first-order valence-electron chi connectivity index (χ1n) is 8.00. The Morgan fingerprint density at radius 3 is 2.59 bits per heavy atom. The van der Waals surface area contributed by atoms with Crippen molar-refractivity contribution < 1.29 is 17.9 Å². The number of benzene rings is 2. The lowest BCUT2D eigenvalue weighted by atomic mass is 10.1. The molecule has 0 aliphatic rings. The molecule has 0 aliphatic heterocycles. The third-order valence-corrected chi connectivity index (χ3v) is 5.76. The molecule has 0 bridgehead atoms. The van der Waals surface area contributed by atoms with Gasteiger partial charge < -0.3 is 10.1 Å². The number of hydrogen-bond donors (Lipinski definition) is 1. The Bertz CT molecular complexity index is 1100. The van der Waals surface area contributed by atoms with E-state index < -0.39 is 15.7 Å². The lowest BCUT2D eigenvalue weighted by Gasteiger charge is -2.11. The molecule has 2 aromatic carbocycles. The zero-order chi connectivity index (χ0) is 19.6. The number of aryl methyl sites for hydroxylation is 1. The lowest BCUT2D eigenvalue weighted by molar-refractivity contribution is 0.102. The number of ether oxygens (including phenoxy) is 1. The van der Waals surface area contributed by atoms with Crippen molar-refractivity contribution in [3.8, 4) is 17.0 Å². The molecular formula is C19H18N2O4S2. The zero-order valence-corrected chi connectivity index (χ0v) is 16.6. The van der Waals surface area contributed by atoms with Crippen LogP contribution < -0.4 is 10.1 Å². The first kappa shape index (κ1) is 19.1. The highest BCUT2D eigenvalue weighted by Crippen LogP contribution is 2.26. The van der Waals surface area contributed by atoms with Crippen LogP contribution in [0.2, 0.25) is 0 Å². The minimum absolute atomic E-state index is 0.0943. The van der Waals surface area contributed by atoms with Gasteiger partial charge in [0, 0.05) is 22.9 Å². The maximum absolute atomic E-state index is 12.7. The predicted octanol–water partition coefficient (Wildman–Crippen LogP) is 3.78. The number of carbonyl (C=O) groups is 1. The van der Waals surface area contributed by atoms with Crippen molar-refractivity contribution in [1.29, 1.82) is 0 Å². The van der Waals surface area contributed by atoms with Crippen LogP contribution in [0.4, 0.5) is 5.69 Å². The maximum atomic E-state index is 12.7. The fourth-order valence-corrected chi connectivity index (χ4v) is 3.80. The summed E-state index contributed by atoms with van der Waals surface area (Å²) < 4.78 is 28.6. The predicted molar refractivity (Wildman–Crippen MR) is 106 cm³/mol. The number of thiazole rings is 1. The van der Waals surface area contributed by atoms with Gasteiger partial charge in [0.1, 0.15) is 5.75 Å². The number of hydrogen-bond acceptors (Lipinski definition) is 6. The fourth-order valence-electron chi connectivity index (χ4n) is 2.54. The molecule has 1 heterocycles. The van der Waals surface area contributed by atoms with E-state index in [1.54, 1.807) is 17.4 Å². The summed E-state index contributed by atoms with van der Waals surface area (Å²) in [7, 11) is -2.00. The molecule has 0 radical (unpaired) electrons. The second-order valence-corrected chi connectivity index (χ2v) is 9.00. The number of rotatable bonds is 5. The second-order valence-electron chi connectivity index (χ2n) is 5.92. The number of nitrogens with zero attached hydrogens (tertiary/aromatic N) is 1. The van der Waals surface area contributed by atoms with Crippen molar-refractivity contribution in [2.75, 3.05) is 18.7 Å². The number of methoxy groups -OCH3 is 1. The Morgan fingerprint density at radius 2 is 1.96 bits per heavy atom. The maximum Gasteiger partial charge on any atom is 0.259 e. The van der Waals surface area contributed by atoms with E-state index in [0.29, 0.717) is 5.69 Å².